The lowest BCUT2D eigenvalue weighted by Gasteiger charge is -2.47. The van der Waals surface area contributed by atoms with E-state index in [2.05, 4.69) is 0 Å². The standard InChI is InChI=1S/C25H24N4O5S/c26-20-23(32)29-21(25(33)34)18(14-35-24(20)29)11-17-6-9-28(22(17)31)13-15-4-7-27(8-5-15)12-16-2-1-3-19(30)10-16/h1-5,7-8,10-11,20,24H,6,9,12-14,26H2,(H-,30,33,34)/p+1/b17-11+/t20-,24-/m1/s1. The Bertz CT molecular complexity index is 1270. The predicted molar refractivity (Wildman–Crippen MR) is 128 cm³/mol. The molecule has 0 radical (unpaired) electrons. The number of phenolic OH excluding ortho intramolecular Hbond substituents is 1. The number of carbonyl (C=O) groups excluding carboxylic acids is 2. The molecule has 0 unspecified atom stereocenters. The van der Waals surface area contributed by atoms with Gasteiger partial charge in [0.15, 0.2) is 18.9 Å². The Balaban J connectivity index is 1.27. The van der Waals surface area contributed by atoms with Crippen LogP contribution in [-0.2, 0) is 27.5 Å². The minimum absolute atomic E-state index is 0.0708. The number of allylic oxidation sites excluding steroid dienone is 1. The van der Waals surface area contributed by atoms with Gasteiger partial charge in [0.1, 0.15) is 22.9 Å². The number of hydrogen-bond acceptors (Lipinski definition) is 6. The number of carboxylic acid groups (broad SMARTS) is 1. The summed E-state index contributed by atoms with van der Waals surface area (Å²) in [6, 6.07) is 10.3. The molecule has 9 nitrogen and oxygen atoms in total. The molecule has 3 aliphatic heterocycles. The number of nitrogens with zero attached hydrogens (tertiary/aromatic N) is 3. The monoisotopic (exact) mass is 493 g/mol. The Morgan fingerprint density at radius 1 is 1.20 bits per heavy atom. The number of nitrogens with two attached hydrogens (primary N) is 1. The van der Waals surface area contributed by atoms with Crippen molar-refractivity contribution in [2.45, 2.75) is 30.9 Å². The van der Waals surface area contributed by atoms with E-state index in [0.29, 0.717) is 43.0 Å². The van der Waals surface area contributed by atoms with Crippen molar-refractivity contribution in [3.05, 3.63) is 82.8 Å². The molecular formula is C25H25N4O5S+. The van der Waals surface area contributed by atoms with Crippen LogP contribution in [0.4, 0.5) is 0 Å². The summed E-state index contributed by atoms with van der Waals surface area (Å²) >= 11 is 1.42. The quantitative estimate of drug-likeness (QED) is 0.311. The molecule has 2 saturated heterocycles. The average Bonchev–Trinajstić information content (AvgIpc) is 3.18. The molecule has 180 valence electrons. The Hall–Kier alpha value is -3.63. The fourth-order valence-corrected chi connectivity index (χ4v) is 5.85. The second-order valence-electron chi connectivity index (χ2n) is 8.81. The van der Waals surface area contributed by atoms with Gasteiger partial charge in [0.25, 0.3) is 0 Å². The van der Waals surface area contributed by atoms with E-state index in [-0.39, 0.29) is 22.7 Å². The number of aromatic hydroxyl groups is 1. The summed E-state index contributed by atoms with van der Waals surface area (Å²) in [5, 5.41) is 19.0. The van der Waals surface area contributed by atoms with Crippen LogP contribution in [0, 0.1) is 0 Å². The van der Waals surface area contributed by atoms with Crippen LogP contribution >= 0.6 is 11.8 Å². The van der Waals surface area contributed by atoms with E-state index in [1.165, 1.54) is 16.7 Å². The average molecular weight is 494 g/mol. The summed E-state index contributed by atoms with van der Waals surface area (Å²) < 4.78 is 1.99. The summed E-state index contributed by atoms with van der Waals surface area (Å²) in [4.78, 5) is 40.0. The van der Waals surface area contributed by atoms with Crippen LogP contribution in [-0.4, -0.2) is 61.5 Å². The number of aliphatic carboxylic acids is 1. The first-order valence-electron chi connectivity index (χ1n) is 11.2. The van der Waals surface area contributed by atoms with Crippen molar-refractivity contribution in [3.63, 3.8) is 0 Å². The number of β-lactam (4-membered cyclic amide) rings is 1. The fraction of sp³-hybridized carbons (Fsp3) is 0.280. The van der Waals surface area contributed by atoms with Gasteiger partial charge in [0.2, 0.25) is 11.8 Å². The molecule has 0 bridgehead atoms. The molecule has 0 spiro atoms. The van der Waals surface area contributed by atoms with Gasteiger partial charge < -0.3 is 20.8 Å². The number of benzene rings is 1. The number of likely N-dealkylation sites (tertiary alicyclic amines) is 1. The highest BCUT2D eigenvalue weighted by atomic mass is 32.2. The van der Waals surface area contributed by atoms with Gasteiger partial charge in [0, 0.05) is 42.1 Å². The van der Waals surface area contributed by atoms with Gasteiger partial charge in [-0.05, 0) is 35.8 Å². The summed E-state index contributed by atoms with van der Waals surface area (Å²) in [5.74, 6) is -1.10. The van der Waals surface area contributed by atoms with Gasteiger partial charge in [-0.15, -0.1) is 11.8 Å². The zero-order chi connectivity index (χ0) is 24.7. The Labute approximate surface area is 206 Å². The number of carbonyl (C=O) groups is 3. The summed E-state index contributed by atoms with van der Waals surface area (Å²) in [5.41, 5.74) is 8.71. The van der Waals surface area contributed by atoms with E-state index in [1.54, 1.807) is 29.2 Å². The van der Waals surface area contributed by atoms with Crippen molar-refractivity contribution in [1.29, 1.82) is 0 Å². The molecule has 35 heavy (non-hydrogen) atoms. The van der Waals surface area contributed by atoms with Crippen LogP contribution in [0.3, 0.4) is 0 Å². The highest BCUT2D eigenvalue weighted by Gasteiger charge is 2.51. The third-order valence-corrected chi connectivity index (χ3v) is 7.74. The number of hydrogen-bond donors (Lipinski definition) is 3. The van der Waals surface area contributed by atoms with Crippen molar-refractivity contribution in [3.8, 4) is 5.75 Å². The zero-order valence-corrected chi connectivity index (χ0v) is 19.6. The highest BCUT2D eigenvalue weighted by molar-refractivity contribution is 8.00. The van der Waals surface area contributed by atoms with Gasteiger partial charge in [-0.2, -0.15) is 0 Å². The van der Waals surface area contributed by atoms with E-state index in [0.717, 1.165) is 11.1 Å². The molecule has 0 saturated carbocycles. The van der Waals surface area contributed by atoms with Crippen LogP contribution in [0.2, 0.25) is 0 Å². The summed E-state index contributed by atoms with van der Waals surface area (Å²) in [7, 11) is 0. The molecule has 0 aliphatic carbocycles. The largest absolute Gasteiger partial charge is 0.508 e. The number of fused-ring (bicyclic) bond motifs is 1. The minimum atomic E-state index is -1.19. The maximum absolute atomic E-state index is 13.0. The molecule has 2 aromatic rings. The highest BCUT2D eigenvalue weighted by Crippen LogP contribution is 2.40. The van der Waals surface area contributed by atoms with Gasteiger partial charge in [-0.1, -0.05) is 12.1 Å². The van der Waals surface area contributed by atoms with Crippen molar-refractivity contribution >= 4 is 29.5 Å². The molecular weight excluding hydrogens is 468 g/mol. The first kappa shape index (κ1) is 23.1. The number of phenols is 1. The molecule has 2 atom stereocenters. The molecule has 10 heteroatoms. The fourth-order valence-electron chi connectivity index (χ4n) is 4.60. The van der Waals surface area contributed by atoms with Crippen LogP contribution in [0.25, 0.3) is 0 Å². The molecule has 1 aromatic heterocycles. The van der Waals surface area contributed by atoms with Gasteiger partial charge >= 0.3 is 5.97 Å². The van der Waals surface area contributed by atoms with Crippen molar-refractivity contribution in [2.24, 2.45) is 5.73 Å². The lowest BCUT2D eigenvalue weighted by molar-refractivity contribution is -0.688. The second kappa shape index (κ2) is 9.20. The SMILES string of the molecule is N[C@@H]1C(=O)N2C(C(=O)O)=C(/C=C3\CCN(Cc4cc[n+](Cc5cccc(O)c5)cc4)C3=O)CS[C@H]12. The molecule has 4 N–H and O–H groups in total. The topological polar surface area (TPSA) is 128 Å². The van der Waals surface area contributed by atoms with Crippen LogP contribution in [0.1, 0.15) is 17.5 Å². The van der Waals surface area contributed by atoms with Crippen molar-refractivity contribution in [2.75, 3.05) is 12.3 Å². The van der Waals surface area contributed by atoms with Crippen molar-refractivity contribution < 1.29 is 29.2 Å². The minimum Gasteiger partial charge on any atom is -0.508 e. The van der Waals surface area contributed by atoms with E-state index in [4.69, 9.17) is 5.73 Å². The number of pyridine rings is 1. The first-order valence-corrected chi connectivity index (χ1v) is 12.3. The predicted octanol–water partition coefficient (Wildman–Crippen LogP) is 0.968. The number of thioether (sulfide) groups is 1. The van der Waals surface area contributed by atoms with E-state index in [9.17, 15) is 24.6 Å². The zero-order valence-electron chi connectivity index (χ0n) is 18.8. The summed E-state index contributed by atoms with van der Waals surface area (Å²) in [6.45, 7) is 1.61. The lowest BCUT2D eigenvalue weighted by atomic mass is 10.0. The number of aromatic nitrogens is 1. The van der Waals surface area contributed by atoms with Gasteiger partial charge in [0.05, 0.1) is 0 Å². The van der Waals surface area contributed by atoms with Crippen LogP contribution in [0.5, 0.6) is 5.75 Å². The van der Waals surface area contributed by atoms with E-state index < -0.39 is 17.9 Å². The number of amides is 2. The molecule has 3 aliphatic rings. The Morgan fingerprint density at radius 3 is 2.69 bits per heavy atom. The molecule has 5 rings (SSSR count). The molecule has 4 heterocycles. The maximum Gasteiger partial charge on any atom is 0.352 e. The molecule has 1 aromatic carbocycles. The van der Waals surface area contributed by atoms with E-state index >= 15 is 0 Å². The lowest BCUT2D eigenvalue weighted by Crippen LogP contribution is -2.68. The number of rotatable bonds is 6. The van der Waals surface area contributed by atoms with Crippen molar-refractivity contribution in [1.82, 2.24) is 9.80 Å². The van der Waals surface area contributed by atoms with Gasteiger partial charge in [-0.3, -0.25) is 14.5 Å². The number of carboxylic acids is 1. The Morgan fingerprint density at radius 2 is 1.97 bits per heavy atom. The smallest absolute Gasteiger partial charge is 0.352 e. The molecule has 2 amide bonds. The van der Waals surface area contributed by atoms with Gasteiger partial charge in [-0.25, -0.2) is 9.36 Å². The summed E-state index contributed by atoms with van der Waals surface area (Å²) in [6.07, 6.45) is 6.03. The van der Waals surface area contributed by atoms with Crippen LogP contribution in [0.15, 0.2) is 71.7 Å². The third kappa shape index (κ3) is 4.42. The molecule has 2 fully saturated rings. The normalized spacial score (nSPS) is 23.1. The van der Waals surface area contributed by atoms with Crippen LogP contribution < -0.4 is 10.3 Å². The Kier molecular flexibility index (Phi) is 6.08. The van der Waals surface area contributed by atoms with E-state index in [1.807, 2.05) is 35.2 Å². The second-order valence-corrected chi connectivity index (χ2v) is 9.91. The first-order chi connectivity index (χ1) is 16.8. The third-order valence-electron chi connectivity index (χ3n) is 6.41. The maximum atomic E-state index is 13.0.